The topological polar surface area (TPSA) is 185 Å². The number of rotatable bonds is 6. The lowest BCUT2D eigenvalue weighted by molar-refractivity contribution is 0.0675. The van der Waals surface area contributed by atoms with Crippen molar-refractivity contribution in [3.8, 4) is 45.1 Å². The summed E-state index contributed by atoms with van der Waals surface area (Å²) in [6, 6.07) is 28.6. The summed E-state index contributed by atoms with van der Waals surface area (Å²) >= 11 is 0. The molecular formula is C42H42N4O8. The van der Waals surface area contributed by atoms with Gasteiger partial charge in [-0.25, -0.2) is 19.0 Å². The Labute approximate surface area is 311 Å². The minimum atomic E-state index is -1.49. The van der Waals surface area contributed by atoms with Crippen LogP contribution in [0.2, 0.25) is 0 Å². The van der Waals surface area contributed by atoms with Crippen molar-refractivity contribution < 1.29 is 30.0 Å². The molecule has 0 saturated carbocycles. The molecule has 0 unspecified atom stereocenters. The fourth-order valence-electron chi connectivity index (χ4n) is 5.60. The second-order valence-electron chi connectivity index (χ2n) is 13.1. The fraction of sp³-hybridized carbons (Fsp3) is 0.190. The van der Waals surface area contributed by atoms with Gasteiger partial charge in [-0.1, -0.05) is 125 Å². The van der Waals surface area contributed by atoms with E-state index in [4.69, 9.17) is 10.2 Å². The highest BCUT2D eigenvalue weighted by Crippen LogP contribution is 2.31. The van der Waals surface area contributed by atoms with E-state index in [1.165, 1.54) is 14.9 Å². The van der Waals surface area contributed by atoms with Gasteiger partial charge >= 0.3 is 11.9 Å². The standard InChI is InChI=1S/C21H20N2O4.C19H16N2O4.C2H6/c1-21(2,3)14-10-8-13(9-11-14)15-6-4-5-7-16(15)23-12-17(24)19(25)18(22-23)20(26)27;1-11-7-12(2)9-13(8-11)14-5-3-4-6-15(14)21-10-16(22)18(23)17(20-21)19(24)25;1-2/h4-12,24H,1-3H3,(H,26,27);3-10,22H,1-2H3,(H,24,25);1-2H3. The molecule has 0 amide bonds. The highest BCUT2D eigenvalue weighted by Gasteiger charge is 2.20. The van der Waals surface area contributed by atoms with E-state index in [-0.39, 0.29) is 5.41 Å². The van der Waals surface area contributed by atoms with Crippen LogP contribution in [0.15, 0.2) is 113 Å². The number of benzene rings is 4. The van der Waals surface area contributed by atoms with Crippen molar-refractivity contribution in [2.75, 3.05) is 0 Å². The number of para-hydroxylation sites is 2. The SMILES string of the molecule is CC.CC(C)(C)c1ccc(-c2ccccc2-n2cc(O)c(=O)c(C(=O)O)n2)cc1.Cc1cc(C)cc(-c2ccccc2-n2cc(O)c(=O)c(C(=O)O)n2)c1. The Kier molecular flexibility index (Phi) is 12.3. The molecule has 0 aliphatic heterocycles. The van der Waals surface area contributed by atoms with E-state index in [2.05, 4.69) is 37.0 Å². The van der Waals surface area contributed by atoms with Crippen LogP contribution < -0.4 is 10.9 Å². The third-order valence-corrected chi connectivity index (χ3v) is 8.10. The predicted molar refractivity (Wildman–Crippen MR) is 207 cm³/mol. The van der Waals surface area contributed by atoms with Crippen LogP contribution in [0.3, 0.4) is 0 Å². The number of nitrogens with zero attached hydrogens (tertiary/aromatic N) is 4. The Morgan fingerprint density at radius 3 is 1.37 bits per heavy atom. The third kappa shape index (κ3) is 8.96. The van der Waals surface area contributed by atoms with Crippen LogP contribution in [-0.2, 0) is 5.41 Å². The van der Waals surface area contributed by atoms with Crippen LogP contribution in [0.5, 0.6) is 11.5 Å². The van der Waals surface area contributed by atoms with Crippen molar-refractivity contribution in [2.45, 2.75) is 53.9 Å². The van der Waals surface area contributed by atoms with Crippen LogP contribution in [0.4, 0.5) is 0 Å². The maximum atomic E-state index is 11.8. The number of carboxylic acids is 2. The van der Waals surface area contributed by atoms with Crippen molar-refractivity contribution in [3.63, 3.8) is 0 Å². The van der Waals surface area contributed by atoms with Crippen molar-refractivity contribution >= 4 is 11.9 Å². The molecule has 54 heavy (non-hydrogen) atoms. The van der Waals surface area contributed by atoms with Gasteiger partial charge in [0.15, 0.2) is 11.5 Å². The van der Waals surface area contributed by atoms with Crippen molar-refractivity contribution in [1.82, 2.24) is 19.6 Å². The number of aromatic carboxylic acids is 2. The van der Waals surface area contributed by atoms with Gasteiger partial charge in [-0.05, 0) is 48.1 Å². The minimum Gasteiger partial charge on any atom is -0.503 e. The lowest BCUT2D eigenvalue weighted by Crippen LogP contribution is -2.21. The van der Waals surface area contributed by atoms with E-state index in [1.54, 1.807) is 24.3 Å². The van der Waals surface area contributed by atoms with Crippen LogP contribution in [0, 0.1) is 13.8 Å². The molecule has 12 nitrogen and oxygen atoms in total. The molecular weight excluding hydrogens is 688 g/mol. The Hall–Kier alpha value is -6.82. The second kappa shape index (κ2) is 16.7. The smallest absolute Gasteiger partial charge is 0.360 e. The molecule has 0 radical (unpaired) electrons. The average Bonchev–Trinajstić information content (AvgIpc) is 3.14. The molecule has 2 aromatic heterocycles. The Balaban J connectivity index is 0.000000231. The summed E-state index contributed by atoms with van der Waals surface area (Å²) < 4.78 is 2.43. The summed E-state index contributed by atoms with van der Waals surface area (Å²) in [5, 5.41) is 45.7. The molecule has 278 valence electrons. The van der Waals surface area contributed by atoms with Crippen molar-refractivity contribution in [1.29, 1.82) is 0 Å². The van der Waals surface area contributed by atoms with Gasteiger partial charge in [-0.2, -0.15) is 10.2 Å². The number of carboxylic acid groups (broad SMARTS) is 2. The summed E-state index contributed by atoms with van der Waals surface area (Å²) in [5.41, 5.74) is 4.49. The first-order valence-corrected chi connectivity index (χ1v) is 17.1. The van der Waals surface area contributed by atoms with E-state index in [9.17, 15) is 29.4 Å². The molecule has 0 saturated heterocycles. The van der Waals surface area contributed by atoms with Crippen LogP contribution in [-0.4, -0.2) is 51.9 Å². The van der Waals surface area contributed by atoms with Gasteiger partial charge in [0.25, 0.3) is 10.9 Å². The number of hydrogen-bond donors (Lipinski definition) is 4. The first kappa shape index (κ1) is 40.0. The molecule has 0 bridgehead atoms. The quantitative estimate of drug-likeness (QED) is 0.133. The van der Waals surface area contributed by atoms with E-state index in [1.807, 2.05) is 88.4 Å². The van der Waals surface area contributed by atoms with Crippen molar-refractivity contribution in [2.24, 2.45) is 0 Å². The average molecular weight is 731 g/mol. The largest absolute Gasteiger partial charge is 0.503 e. The number of aromatic hydroxyl groups is 2. The third-order valence-electron chi connectivity index (χ3n) is 8.10. The van der Waals surface area contributed by atoms with Gasteiger partial charge in [-0.3, -0.25) is 9.59 Å². The summed E-state index contributed by atoms with van der Waals surface area (Å²) in [6.07, 6.45) is 2.24. The first-order chi connectivity index (χ1) is 25.5. The number of carbonyl (C=O) groups is 2. The summed E-state index contributed by atoms with van der Waals surface area (Å²) in [7, 11) is 0. The zero-order valence-electron chi connectivity index (χ0n) is 31.0. The normalized spacial score (nSPS) is 10.7. The maximum Gasteiger partial charge on any atom is 0.360 e. The highest BCUT2D eigenvalue weighted by molar-refractivity contribution is 5.86. The van der Waals surface area contributed by atoms with Crippen LogP contribution in [0.1, 0.15) is 72.3 Å². The second-order valence-corrected chi connectivity index (χ2v) is 13.1. The summed E-state index contributed by atoms with van der Waals surface area (Å²) in [6.45, 7) is 14.4. The Morgan fingerprint density at radius 2 is 0.981 bits per heavy atom. The number of hydrogen-bond acceptors (Lipinski definition) is 8. The van der Waals surface area contributed by atoms with Gasteiger partial charge in [-0.15, -0.1) is 0 Å². The van der Waals surface area contributed by atoms with E-state index in [0.717, 1.165) is 45.8 Å². The molecule has 12 heteroatoms. The van der Waals surface area contributed by atoms with Gasteiger partial charge in [0, 0.05) is 11.1 Å². The van der Waals surface area contributed by atoms with Crippen LogP contribution >= 0.6 is 0 Å². The van der Waals surface area contributed by atoms with E-state index >= 15 is 0 Å². The summed E-state index contributed by atoms with van der Waals surface area (Å²) in [5.74, 6) is -4.31. The highest BCUT2D eigenvalue weighted by atomic mass is 16.4. The molecule has 6 aromatic rings. The van der Waals surface area contributed by atoms with Gasteiger partial charge in [0.05, 0.1) is 23.8 Å². The molecule has 6 rings (SSSR count). The number of aryl methyl sites for hydroxylation is 2. The van der Waals surface area contributed by atoms with E-state index in [0.29, 0.717) is 11.4 Å². The minimum absolute atomic E-state index is 0.0283. The molecule has 0 aliphatic rings. The first-order valence-electron chi connectivity index (χ1n) is 17.1. The Morgan fingerprint density at radius 1 is 0.593 bits per heavy atom. The summed E-state index contributed by atoms with van der Waals surface area (Å²) in [4.78, 5) is 46.0. The molecule has 0 spiro atoms. The van der Waals surface area contributed by atoms with Gasteiger partial charge in [0.2, 0.25) is 11.4 Å². The predicted octanol–water partition coefficient (Wildman–Crippen LogP) is 7.55. The Bertz CT molecular complexity index is 2420. The lowest BCUT2D eigenvalue weighted by atomic mass is 9.86. The maximum absolute atomic E-state index is 11.8. The van der Waals surface area contributed by atoms with Crippen molar-refractivity contribution in [3.05, 3.63) is 152 Å². The number of aromatic nitrogens is 4. The molecule has 4 aromatic carbocycles. The molecule has 0 fully saturated rings. The van der Waals surface area contributed by atoms with Gasteiger partial charge < -0.3 is 20.4 Å². The van der Waals surface area contributed by atoms with Gasteiger partial charge in [0.1, 0.15) is 0 Å². The lowest BCUT2D eigenvalue weighted by Gasteiger charge is -2.19. The van der Waals surface area contributed by atoms with E-state index < -0.39 is 45.7 Å². The molecule has 4 N–H and O–H groups in total. The zero-order chi connectivity index (χ0) is 39.9. The van der Waals surface area contributed by atoms with Crippen LogP contribution in [0.25, 0.3) is 33.6 Å². The molecule has 0 aliphatic carbocycles. The fourth-order valence-corrected chi connectivity index (χ4v) is 5.60. The molecule has 2 heterocycles. The molecule has 0 atom stereocenters. The monoisotopic (exact) mass is 730 g/mol. The zero-order valence-corrected chi connectivity index (χ0v) is 31.0.